The largest absolute Gasteiger partial charge is 0.452 e. The average Bonchev–Trinajstić information content (AvgIpc) is 3.24. The van der Waals surface area contributed by atoms with Gasteiger partial charge in [-0.05, 0) is 32.0 Å². The number of aromatic nitrogens is 3. The summed E-state index contributed by atoms with van der Waals surface area (Å²) in [6, 6.07) is 13.5. The van der Waals surface area contributed by atoms with Gasteiger partial charge in [0.1, 0.15) is 11.6 Å². The Labute approximate surface area is 188 Å². The minimum absolute atomic E-state index is 0.00293. The highest BCUT2D eigenvalue weighted by Gasteiger charge is 2.20. The second-order valence-electron chi connectivity index (χ2n) is 7.59. The van der Waals surface area contributed by atoms with Crippen LogP contribution in [0, 0.1) is 11.6 Å². The van der Waals surface area contributed by atoms with Crippen molar-refractivity contribution in [3.63, 3.8) is 0 Å². The molecule has 0 saturated carbocycles. The third-order valence-electron chi connectivity index (χ3n) is 4.88. The van der Waals surface area contributed by atoms with Crippen LogP contribution in [-0.2, 0) is 9.53 Å². The lowest BCUT2D eigenvalue weighted by molar-refractivity contribution is -0.119. The van der Waals surface area contributed by atoms with E-state index in [-0.39, 0.29) is 17.3 Å². The fourth-order valence-corrected chi connectivity index (χ4v) is 3.31. The number of carbonyl (C=O) groups is 2. The van der Waals surface area contributed by atoms with E-state index in [1.165, 1.54) is 6.20 Å². The zero-order valence-electron chi connectivity index (χ0n) is 17.9. The summed E-state index contributed by atoms with van der Waals surface area (Å²) in [6.07, 6.45) is 1.52. The van der Waals surface area contributed by atoms with Gasteiger partial charge in [-0.25, -0.2) is 23.2 Å². The number of nitrogens with zero attached hydrogens (tertiary/aromatic N) is 3. The van der Waals surface area contributed by atoms with Gasteiger partial charge in [-0.3, -0.25) is 4.79 Å². The number of anilines is 1. The first kappa shape index (κ1) is 22.1. The summed E-state index contributed by atoms with van der Waals surface area (Å²) in [5.41, 5.74) is 1.69. The Balaban J connectivity index is 1.60. The number of halogens is 2. The molecule has 0 bridgehead atoms. The standard InChI is InChI=1S/C24H20F2N4O3/c1-14(2)30-23-18(12-27-30)17(11-20(29-23)15-6-4-3-5-7-15)24(32)33-13-22(31)28-21-10-16(25)8-9-19(21)26/h3-12,14H,13H2,1-2H3,(H,28,31). The number of carbonyl (C=O) groups excluding carboxylic acids is 2. The van der Waals surface area contributed by atoms with Crippen molar-refractivity contribution >= 4 is 28.6 Å². The molecule has 0 aliphatic heterocycles. The summed E-state index contributed by atoms with van der Waals surface area (Å²) in [4.78, 5) is 29.7. The van der Waals surface area contributed by atoms with Crippen LogP contribution < -0.4 is 5.32 Å². The number of ether oxygens (including phenoxy) is 1. The summed E-state index contributed by atoms with van der Waals surface area (Å²) < 4.78 is 33.9. The fraction of sp³-hybridized carbons (Fsp3) is 0.167. The molecule has 4 rings (SSSR count). The van der Waals surface area contributed by atoms with Gasteiger partial charge in [-0.1, -0.05) is 30.3 Å². The van der Waals surface area contributed by atoms with Gasteiger partial charge in [0.25, 0.3) is 5.91 Å². The Morgan fingerprint density at radius 3 is 2.58 bits per heavy atom. The van der Waals surface area contributed by atoms with Gasteiger partial charge in [-0.2, -0.15) is 5.10 Å². The SMILES string of the molecule is CC(C)n1ncc2c(C(=O)OCC(=O)Nc3cc(F)ccc3F)cc(-c3ccccc3)nc21. The number of benzene rings is 2. The van der Waals surface area contributed by atoms with Crippen LogP contribution in [0.1, 0.15) is 30.2 Å². The number of hydrogen-bond donors (Lipinski definition) is 1. The molecule has 7 nitrogen and oxygen atoms in total. The second-order valence-corrected chi connectivity index (χ2v) is 7.59. The van der Waals surface area contributed by atoms with Crippen LogP contribution in [0.25, 0.3) is 22.3 Å². The zero-order chi connectivity index (χ0) is 23.5. The summed E-state index contributed by atoms with van der Waals surface area (Å²) in [5.74, 6) is -3.09. The maximum absolute atomic E-state index is 13.7. The predicted molar refractivity (Wildman–Crippen MR) is 119 cm³/mol. The molecule has 4 aromatic rings. The highest BCUT2D eigenvalue weighted by molar-refractivity contribution is 6.04. The molecule has 0 aliphatic rings. The van der Waals surface area contributed by atoms with Crippen LogP contribution >= 0.6 is 0 Å². The van der Waals surface area contributed by atoms with E-state index < -0.39 is 30.1 Å². The lowest BCUT2D eigenvalue weighted by Gasteiger charge is -2.11. The molecule has 0 fully saturated rings. The molecular formula is C24H20F2N4O3. The lowest BCUT2D eigenvalue weighted by atomic mass is 10.1. The monoisotopic (exact) mass is 450 g/mol. The van der Waals surface area contributed by atoms with E-state index in [0.29, 0.717) is 16.7 Å². The van der Waals surface area contributed by atoms with Gasteiger partial charge in [0.05, 0.1) is 28.5 Å². The Kier molecular flexibility index (Phi) is 6.12. The van der Waals surface area contributed by atoms with Crippen LogP contribution in [0.3, 0.4) is 0 Å². The maximum Gasteiger partial charge on any atom is 0.339 e. The first-order valence-electron chi connectivity index (χ1n) is 10.2. The van der Waals surface area contributed by atoms with E-state index in [0.717, 1.165) is 23.8 Å². The zero-order valence-corrected chi connectivity index (χ0v) is 17.9. The van der Waals surface area contributed by atoms with E-state index >= 15 is 0 Å². The van der Waals surface area contributed by atoms with E-state index in [9.17, 15) is 18.4 Å². The highest BCUT2D eigenvalue weighted by atomic mass is 19.1. The van der Waals surface area contributed by atoms with Crippen molar-refractivity contribution in [3.8, 4) is 11.3 Å². The van der Waals surface area contributed by atoms with E-state index in [1.807, 2.05) is 44.2 Å². The highest BCUT2D eigenvalue weighted by Crippen LogP contribution is 2.27. The predicted octanol–water partition coefficient (Wildman–Crippen LogP) is 4.75. The Hall–Kier alpha value is -4.14. The van der Waals surface area contributed by atoms with Crippen LogP contribution in [0.15, 0.2) is 60.8 Å². The van der Waals surface area contributed by atoms with Gasteiger partial charge in [-0.15, -0.1) is 0 Å². The van der Waals surface area contributed by atoms with E-state index in [1.54, 1.807) is 10.7 Å². The normalized spacial score (nSPS) is 11.1. The molecule has 9 heteroatoms. The molecule has 2 heterocycles. The molecule has 0 atom stereocenters. The number of esters is 1. The number of nitrogens with one attached hydrogen (secondary N) is 1. The Bertz CT molecular complexity index is 1340. The van der Waals surface area contributed by atoms with Crippen molar-refractivity contribution < 1.29 is 23.1 Å². The number of amides is 1. The molecule has 0 spiro atoms. The lowest BCUT2D eigenvalue weighted by Crippen LogP contribution is -2.21. The summed E-state index contributed by atoms with van der Waals surface area (Å²) >= 11 is 0. The smallest absolute Gasteiger partial charge is 0.339 e. The third-order valence-corrected chi connectivity index (χ3v) is 4.88. The topological polar surface area (TPSA) is 86.1 Å². The number of rotatable bonds is 6. The number of pyridine rings is 1. The third kappa shape index (κ3) is 4.72. The van der Waals surface area contributed by atoms with Crippen molar-refractivity contribution in [2.45, 2.75) is 19.9 Å². The second kappa shape index (κ2) is 9.15. The molecule has 0 aliphatic carbocycles. The molecule has 168 valence electrons. The van der Waals surface area contributed by atoms with Crippen LogP contribution in [0.2, 0.25) is 0 Å². The van der Waals surface area contributed by atoms with Gasteiger partial charge in [0.15, 0.2) is 12.3 Å². The van der Waals surface area contributed by atoms with Gasteiger partial charge in [0.2, 0.25) is 0 Å². The van der Waals surface area contributed by atoms with Crippen molar-refractivity contribution in [1.82, 2.24) is 14.8 Å². The molecule has 33 heavy (non-hydrogen) atoms. The summed E-state index contributed by atoms with van der Waals surface area (Å²) in [6.45, 7) is 3.20. The molecule has 0 saturated heterocycles. The molecule has 2 aromatic carbocycles. The van der Waals surface area contributed by atoms with Crippen molar-refractivity contribution in [1.29, 1.82) is 0 Å². The quantitative estimate of drug-likeness (QED) is 0.429. The molecule has 2 aromatic heterocycles. The van der Waals surface area contributed by atoms with E-state index in [2.05, 4.69) is 15.4 Å². The summed E-state index contributed by atoms with van der Waals surface area (Å²) in [7, 11) is 0. The molecule has 1 N–H and O–H groups in total. The Morgan fingerprint density at radius 1 is 1.09 bits per heavy atom. The van der Waals surface area contributed by atoms with Gasteiger partial charge < -0.3 is 10.1 Å². The Morgan fingerprint density at radius 2 is 1.85 bits per heavy atom. The molecular weight excluding hydrogens is 430 g/mol. The molecule has 0 radical (unpaired) electrons. The summed E-state index contributed by atoms with van der Waals surface area (Å²) in [5, 5.41) is 7.00. The first-order valence-corrected chi connectivity index (χ1v) is 10.2. The van der Waals surface area contributed by atoms with Crippen LogP contribution in [0.5, 0.6) is 0 Å². The maximum atomic E-state index is 13.7. The fourth-order valence-electron chi connectivity index (χ4n) is 3.31. The van der Waals surface area contributed by atoms with Crippen LogP contribution in [0.4, 0.5) is 14.5 Å². The minimum Gasteiger partial charge on any atom is -0.452 e. The molecule has 1 amide bonds. The number of hydrogen-bond acceptors (Lipinski definition) is 5. The van der Waals surface area contributed by atoms with Crippen molar-refractivity contribution in [2.75, 3.05) is 11.9 Å². The van der Waals surface area contributed by atoms with Crippen molar-refractivity contribution in [3.05, 3.63) is 78.0 Å². The first-order chi connectivity index (χ1) is 15.8. The molecule has 0 unspecified atom stereocenters. The van der Waals surface area contributed by atoms with Crippen molar-refractivity contribution in [2.24, 2.45) is 0 Å². The van der Waals surface area contributed by atoms with Crippen LogP contribution in [-0.4, -0.2) is 33.2 Å². The van der Waals surface area contributed by atoms with Gasteiger partial charge in [0, 0.05) is 17.7 Å². The minimum atomic E-state index is -0.806. The van der Waals surface area contributed by atoms with Gasteiger partial charge >= 0.3 is 5.97 Å². The average molecular weight is 450 g/mol. The van der Waals surface area contributed by atoms with E-state index in [4.69, 9.17) is 4.74 Å². The number of fused-ring (bicyclic) bond motifs is 1.